The molecule has 0 saturated carbocycles. The standard InChI is InChI=1S/C18H20Cl2O2/c1-11-7-15(19)8-12(2)17(11)21-5-6-22-18-13(3)9-16(20)10-14(18)4/h7-10H,5-6H2,1-4H3. The molecule has 0 N–H and O–H groups in total. The van der Waals surface area contributed by atoms with Crippen LogP contribution in [0.4, 0.5) is 0 Å². The number of aryl methyl sites for hydroxylation is 4. The van der Waals surface area contributed by atoms with Gasteiger partial charge in [0.15, 0.2) is 0 Å². The molecule has 2 rings (SSSR count). The van der Waals surface area contributed by atoms with E-state index in [2.05, 4.69) is 0 Å². The Morgan fingerprint density at radius 2 is 0.909 bits per heavy atom. The average molecular weight is 339 g/mol. The summed E-state index contributed by atoms with van der Waals surface area (Å²) in [6.07, 6.45) is 0. The van der Waals surface area contributed by atoms with Crippen molar-refractivity contribution in [2.75, 3.05) is 13.2 Å². The normalized spacial score (nSPS) is 10.6. The third-order valence-corrected chi connectivity index (χ3v) is 3.86. The van der Waals surface area contributed by atoms with Crippen molar-refractivity contribution in [3.05, 3.63) is 56.6 Å². The van der Waals surface area contributed by atoms with Crippen LogP contribution in [0, 0.1) is 27.7 Å². The summed E-state index contributed by atoms with van der Waals surface area (Å²) in [6.45, 7) is 8.91. The summed E-state index contributed by atoms with van der Waals surface area (Å²) in [7, 11) is 0. The molecule has 0 bridgehead atoms. The summed E-state index contributed by atoms with van der Waals surface area (Å²) in [5, 5.41) is 1.46. The number of rotatable bonds is 5. The second-order valence-corrected chi connectivity index (χ2v) is 6.31. The van der Waals surface area contributed by atoms with Crippen LogP contribution in [0.3, 0.4) is 0 Å². The maximum Gasteiger partial charge on any atom is 0.125 e. The van der Waals surface area contributed by atoms with Crippen molar-refractivity contribution in [2.45, 2.75) is 27.7 Å². The SMILES string of the molecule is Cc1cc(Cl)cc(C)c1OCCOc1c(C)cc(Cl)cc1C. The van der Waals surface area contributed by atoms with Crippen molar-refractivity contribution in [2.24, 2.45) is 0 Å². The molecule has 0 heterocycles. The molecule has 0 radical (unpaired) electrons. The monoisotopic (exact) mass is 338 g/mol. The zero-order chi connectivity index (χ0) is 16.3. The lowest BCUT2D eigenvalue weighted by atomic mass is 10.1. The molecule has 0 atom stereocenters. The minimum absolute atomic E-state index is 0.477. The van der Waals surface area contributed by atoms with E-state index in [0.29, 0.717) is 13.2 Å². The molecule has 22 heavy (non-hydrogen) atoms. The Hall–Kier alpha value is -1.38. The lowest BCUT2D eigenvalue weighted by molar-refractivity contribution is 0.214. The third-order valence-electron chi connectivity index (χ3n) is 3.43. The summed E-state index contributed by atoms with van der Waals surface area (Å²) in [5.41, 5.74) is 4.13. The largest absolute Gasteiger partial charge is 0.489 e. The Balaban J connectivity index is 1.96. The Bertz CT molecular complexity index is 575. The average Bonchev–Trinajstić information content (AvgIpc) is 2.38. The minimum atomic E-state index is 0.477. The maximum absolute atomic E-state index is 6.02. The van der Waals surface area contributed by atoms with Gasteiger partial charge in [-0.1, -0.05) is 23.2 Å². The molecule has 0 fully saturated rings. The van der Waals surface area contributed by atoms with Crippen LogP contribution < -0.4 is 9.47 Å². The molecule has 2 aromatic rings. The molecule has 0 aromatic heterocycles. The van der Waals surface area contributed by atoms with Gasteiger partial charge in [0.05, 0.1) is 0 Å². The zero-order valence-corrected chi connectivity index (χ0v) is 14.8. The lowest BCUT2D eigenvalue weighted by Crippen LogP contribution is -2.11. The predicted octanol–water partition coefficient (Wildman–Crippen LogP) is 5.68. The van der Waals surface area contributed by atoms with Gasteiger partial charge in [-0.05, 0) is 74.2 Å². The summed E-state index contributed by atoms with van der Waals surface area (Å²) >= 11 is 12.0. The van der Waals surface area contributed by atoms with E-state index in [9.17, 15) is 0 Å². The first-order chi connectivity index (χ1) is 10.4. The van der Waals surface area contributed by atoms with E-state index >= 15 is 0 Å². The number of hydrogen-bond acceptors (Lipinski definition) is 2. The first-order valence-corrected chi connectivity index (χ1v) is 7.93. The van der Waals surface area contributed by atoms with Gasteiger partial charge in [0.1, 0.15) is 24.7 Å². The van der Waals surface area contributed by atoms with E-state index in [-0.39, 0.29) is 0 Å². The van der Waals surface area contributed by atoms with E-state index in [1.807, 2.05) is 52.0 Å². The van der Waals surface area contributed by atoms with Crippen LogP contribution >= 0.6 is 23.2 Å². The summed E-state index contributed by atoms with van der Waals surface area (Å²) in [6, 6.07) is 7.60. The van der Waals surface area contributed by atoms with Gasteiger partial charge in [0.2, 0.25) is 0 Å². The molecule has 4 heteroatoms. The minimum Gasteiger partial charge on any atom is -0.489 e. The van der Waals surface area contributed by atoms with Crippen molar-refractivity contribution in [1.82, 2.24) is 0 Å². The van der Waals surface area contributed by atoms with Gasteiger partial charge in [0, 0.05) is 10.0 Å². The first-order valence-electron chi connectivity index (χ1n) is 7.17. The molecule has 0 unspecified atom stereocenters. The van der Waals surface area contributed by atoms with Crippen molar-refractivity contribution in [1.29, 1.82) is 0 Å². The second-order valence-electron chi connectivity index (χ2n) is 5.43. The fraction of sp³-hybridized carbons (Fsp3) is 0.333. The van der Waals surface area contributed by atoms with Crippen LogP contribution in [-0.4, -0.2) is 13.2 Å². The molecule has 0 spiro atoms. The van der Waals surface area contributed by atoms with Gasteiger partial charge in [-0.25, -0.2) is 0 Å². The molecule has 118 valence electrons. The number of hydrogen-bond donors (Lipinski definition) is 0. The topological polar surface area (TPSA) is 18.5 Å². The van der Waals surface area contributed by atoms with E-state index in [0.717, 1.165) is 43.8 Å². The highest BCUT2D eigenvalue weighted by atomic mass is 35.5. The molecule has 0 saturated heterocycles. The van der Waals surface area contributed by atoms with Crippen molar-refractivity contribution >= 4 is 23.2 Å². The van der Waals surface area contributed by atoms with Crippen LogP contribution in [0.15, 0.2) is 24.3 Å². The lowest BCUT2D eigenvalue weighted by Gasteiger charge is -2.15. The fourth-order valence-electron chi connectivity index (χ4n) is 2.54. The fourth-order valence-corrected chi connectivity index (χ4v) is 3.19. The summed E-state index contributed by atoms with van der Waals surface area (Å²) in [5.74, 6) is 1.75. The van der Waals surface area contributed by atoms with Crippen molar-refractivity contribution in [3.63, 3.8) is 0 Å². The molecule has 0 amide bonds. The number of benzene rings is 2. The van der Waals surface area contributed by atoms with E-state index < -0.39 is 0 Å². The Morgan fingerprint density at radius 1 is 0.636 bits per heavy atom. The molecular weight excluding hydrogens is 319 g/mol. The number of ether oxygens (including phenoxy) is 2. The van der Waals surface area contributed by atoms with Gasteiger partial charge < -0.3 is 9.47 Å². The maximum atomic E-state index is 6.02. The highest BCUT2D eigenvalue weighted by Gasteiger charge is 2.08. The molecule has 0 aliphatic rings. The van der Waals surface area contributed by atoms with Crippen LogP contribution in [-0.2, 0) is 0 Å². The van der Waals surface area contributed by atoms with E-state index in [1.54, 1.807) is 0 Å². The third kappa shape index (κ3) is 4.08. The van der Waals surface area contributed by atoms with Crippen LogP contribution in [0.2, 0.25) is 10.0 Å². The summed E-state index contributed by atoms with van der Waals surface area (Å²) in [4.78, 5) is 0. The molecule has 2 nitrogen and oxygen atoms in total. The van der Waals surface area contributed by atoms with Crippen LogP contribution in [0.1, 0.15) is 22.3 Å². The van der Waals surface area contributed by atoms with E-state index in [4.69, 9.17) is 32.7 Å². The van der Waals surface area contributed by atoms with Crippen molar-refractivity contribution in [3.8, 4) is 11.5 Å². The van der Waals surface area contributed by atoms with Crippen LogP contribution in [0.5, 0.6) is 11.5 Å². The number of halogens is 2. The van der Waals surface area contributed by atoms with E-state index in [1.165, 1.54) is 0 Å². The smallest absolute Gasteiger partial charge is 0.125 e. The van der Waals surface area contributed by atoms with Crippen LogP contribution in [0.25, 0.3) is 0 Å². The van der Waals surface area contributed by atoms with Gasteiger partial charge >= 0.3 is 0 Å². The predicted molar refractivity (Wildman–Crippen MR) is 92.8 cm³/mol. The molecule has 0 aliphatic carbocycles. The first kappa shape index (κ1) is 17.0. The van der Waals surface area contributed by atoms with Gasteiger partial charge in [-0.15, -0.1) is 0 Å². The van der Waals surface area contributed by atoms with Gasteiger partial charge in [0.25, 0.3) is 0 Å². The Kier molecular flexibility index (Phi) is 5.60. The second kappa shape index (κ2) is 7.26. The Morgan fingerprint density at radius 3 is 1.18 bits per heavy atom. The highest BCUT2D eigenvalue weighted by Crippen LogP contribution is 2.28. The Labute approximate surface area is 142 Å². The molecular formula is C18H20Cl2O2. The van der Waals surface area contributed by atoms with Gasteiger partial charge in [-0.2, -0.15) is 0 Å². The molecule has 0 aliphatic heterocycles. The van der Waals surface area contributed by atoms with Gasteiger partial charge in [-0.3, -0.25) is 0 Å². The summed E-state index contributed by atoms with van der Waals surface area (Å²) < 4.78 is 11.7. The highest BCUT2D eigenvalue weighted by molar-refractivity contribution is 6.31. The zero-order valence-electron chi connectivity index (χ0n) is 13.3. The van der Waals surface area contributed by atoms with Crippen molar-refractivity contribution < 1.29 is 9.47 Å². The quantitative estimate of drug-likeness (QED) is 0.652. The molecule has 2 aromatic carbocycles.